The molecule has 2 rings (SSSR count). The van der Waals surface area contributed by atoms with Gasteiger partial charge < -0.3 is 15.3 Å². The number of carbonyl (C=O) groups is 1. The second-order valence-corrected chi connectivity index (χ2v) is 5.21. The zero-order valence-electron chi connectivity index (χ0n) is 11.7. The van der Waals surface area contributed by atoms with Gasteiger partial charge in [-0.1, -0.05) is 6.92 Å². The van der Waals surface area contributed by atoms with Gasteiger partial charge in [0.25, 0.3) is 5.91 Å². The third kappa shape index (κ3) is 2.87. The van der Waals surface area contributed by atoms with Gasteiger partial charge in [0, 0.05) is 32.0 Å². The molecule has 0 saturated carbocycles. The Morgan fingerprint density at radius 2 is 2.32 bits per heavy atom. The van der Waals surface area contributed by atoms with Crippen LogP contribution in [0.1, 0.15) is 29.4 Å². The summed E-state index contributed by atoms with van der Waals surface area (Å²) in [5.74, 6) is 0.187. The van der Waals surface area contributed by atoms with E-state index in [4.69, 9.17) is 0 Å². The van der Waals surface area contributed by atoms with Gasteiger partial charge in [-0.2, -0.15) is 0 Å². The maximum atomic E-state index is 12.5. The first-order valence-corrected chi connectivity index (χ1v) is 6.64. The highest BCUT2D eigenvalue weighted by Gasteiger charge is 2.28. The third-order valence-electron chi connectivity index (χ3n) is 3.75. The predicted molar refractivity (Wildman–Crippen MR) is 74.2 cm³/mol. The molecule has 0 aliphatic carbocycles. The molecule has 5 nitrogen and oxygen atoms in total. The highest BCUT2D eigenvalue weighted by Crippen LogP contribution is 2.22. The molecule has 0 radical (unpaired) electrons. The fourth-order valence-corrected chi connectivity index (χ4v) is 2.34. The van der Waals surface area contributed by atoms with Crippen molar-refractivity contribution < 1.29 is 9.90 Å². The number of carbonyl (C=O) groups excluding carboxylic acids is 1. The van der Waals surface area contributed by atoms with Crippen molar-refractivity contribution in [2.45, 2.75) is 26.4 Å². The van der Waals surface area contributed by atoms with Gasteiger partial charge in [0.15, 0.2) is 0 Å². The number of aryl methyl sites for hydroxylation is 1. The molecule has 0 spiro atoms. The van der Waals surface area contributed by atoms with Crippen LogP contribution in [-0.4, -0.2) is 47.1 Å². The Morgan fingerprint density at radius 3 is 2.95 bits per heavy atom. The van der Waals surface area contributed by atoms with Crippen molar-refractivity contribution >= 4 is 11.6 Å². The lowest BCUT2D eigenvalue weighted by atomic mass is 9.95. The van der Waals surface area contributed by atoms with Gasteiger partial charge in [-0.3, -0.25) is 9.78 Å². The zero-order chi connectivity index (χ0) is 14.0. The monoisotopic (exact) mass is 263 g/mol. The fraction of sp³-hybridized carbons (Fsp3) is 0.571. The van der Waals surface area contributed by atoms with Crippen molar-refractivity contribution in [3.05, 3.63) is 23.5 Å². The number of hydrogen-bond donors (Lipinski definition) is 2. The van der Waals surface area contributed by atoms with Gasteiger partial charge in [0.2, 0.25) is 0 Å². The van der Waals surface area contributed by atoms with Crippen LogP contribution in [0.5, 0.6) is 0 Å². The number of nitrogens with one attached hydrogen (secondary N) is 1. The number of hydrogen-bond acceptors (Lipinski definition) is 4. The van der Waals surface area contributed by atoms with Crippen LogP contribution in [0.15, 0.2) is 12.3 Å². The number of aromatic nitrogens is 1. The minimum atomic E-state index is -0.436. The van der Waals surface area contributed by atoms with Gasteiger partial charge in [-0.25, -0.2) is 0 Å². The molecule has 1 aromatic rings. The molecular formula is C14H21N3O2. The van der Waals surface area contributed by atoms with Crippen LogP contribution >= 0.6 is 0 Å². The Labute approximate surface area is 113 Å². The number of anilines is 1. The molecule has 1 saturated heterocycles. The zero-order valence-corrected chi connectivity index (χ0v) is 11.7. The van der Waals surface area contributed by atoms with Gasteiger partial charge in [0.05, 0.1) is 17.4 Å². The smallest absolute Gasteiger partial charge is 0.257 e. The number of aliphatic hydroxyl groups excluding tert-OH is 1. The maximum absolute atomic E-state index is 12.5. The van der Waals surface area contributed by atoms with E-state index < -0.39 is 6.10 Å². The van der Waals surface area contributed by atoms with Gasteiger partial charge in [-0.15, -0.1) is 0 Å². The lowest BCUT2D eigenvalue weighted by Gasteiger charge is -2.34. The summed E-state index contributed by atoms with van der Waals surface area (Å²) in [6, 6.07) is 1.86. The van der Waals surface area contributed by atoms with E-state index in [0.29, 0.717) is 18.7 Å². The first kappa shape index (κ1) is 13.8. The molecule has 0 aromatic carbocycles. The lowest BCUT2D eigenvalue weighted by Crippen LogP contribution is -2.46. The van der Waals surface area contributed by atoms with Crippen LogP contribution in [0.3, 0.4) is 0 Å². The number of likely N-dealkylation sites (tertiary alicyclic amines) is 1. The van der Waals surface area contributed by atoms with E-state index in [9.17, 15) is 9.90 Å². The fourth-order valence-electron chi connectivity index (χ4n) is 2.34. The van der Waals surface area contributed by atoms with Crippen molar-refractivity contribution in [2.24, 2.45) is 5.92 Å². The minimum Gasteiger partial charge on any atom is -0.391 e. The first-order valence-electron chi connectivity index (χ1n) is 6.64. The maximum Gasteiger partial charge on any atom is 0.257 e. The highest BCUT2D eigenvalue weighted by atomic mass is 16.3. The summed E-state index contributed by atoms with van der Waals surface area (Å²) in [5, 5.41) is 12.9. The minimum absolute atomic E-state index is 0.0669. The summed E-state index contributed by atoms with van der Waals surface area (Å²) in [7, 11) is 1.79. The molecule has 5 heteroatoms. The van der Waals surface area contributed by atoms with Crippen LogP contribution in [0.4, 0.5) is 5.69 Å². The molecule has 0 bridgehead atoms. The van der Waals surface area contributed by atoms with Gasteiger partial charge in [-0.05, 0) is 25.3 Å². The van der Waals surface area contributed by atoms with E-state index in [0.717, 1.165) is 17.8 Å². The Hall–Kier alpha value is -1.62. The number of piperidine rings is 1. The van der Waals surface area contributed by atoms with E-state index in [1.165, 1.54) is 0 Å². The van der Waals surface area contributed by atoms with E-state index in [2.05, 4.69) is 10.3 Å². The number of β-amino-alcohol motifs (C(OH)–C–C–N with tert-alkyl or cyclic N) is 1. The van der Waals surface area contributed by atoms with Gasteiger partial charge >= 0.3 is 0 Å². The quantitative estimate of drug-likeness (QED) is 0.843. The SMILES string of the molecule is CNc1cc(C)ncc1C(=O)N1CCC(C)C(O)C1. The lowest BCUT2D eigenvalue weighted by molar-refractivity contribution is 0.0249. The number of nitrogens with zero attached hydrogens (tertiary/aromatic N) is 2. The third-order valence-corrected chi connectivity index (χ3v) is 3.75. The van der Waals surface area contributed by atoms with Crippen molar-refractivity contribution in [3.63, 3.8) is 0 Å². The standard InChI is InChI=1S/C14H21N3O2/c1-9-4-5-17(8-13(9)18)14(19)11-7-16-10(2)6-12(11)15-3/h6-7,9,13,18H,4-5,8H2,1-3H3,(H,15,16). The molecule has 2 N–H and O–H groups in total. The topological polar surface area (TPSA) is 65.5 Å². The normalized spacial score (nSPS) is 23.3. The van der Waals surface area contributed by atoms with Crippen molar-refractivity contribution in [1.29, 1.82) is 0 Å². The summed E-state index contributed by atoms with van der Waals surface area (Å²) in [4.78, 5) is 18.4. The average molecular weight is 263 g/mol. The Morgan fingerprint density at radius 1 is 1.58 bits per heavy atom. The number of rotatable bonds is 2. The molecule has 1 aromatic heterocycles. The number of aliphatic hydroxyl groups is 1. The second-order valence-electron chi connectivity index (χ2n) is 5.21. The second kappa shape index (κ2) is 5.57. The molecule has 2 heterocycles. The largest absolute Gasteiger partial charge is 0.391 e. The molecular weight excluding hydrogens is 242 g/mol. The summed E-state index contributed by atoms with van der Waals surface area (Å²) in [6.07, 6.45) is 2.00. The summed E-state index contributed by atoms with van der Waals surface area (Å²) in [5.41, 5.74) is 2.22. The summed E-state index contributed by atoms with van der Waals surface area (Å²) in [6.45, 7) is 4.99. The highest BCUT2D eigenvalue weighted by molar-refractivity contribution is 5.99. The Balaban J connectivity index is 2.20. The summed E-state index contributed by atoms with van der Waals surface area (Å²) < 4.78 is 0. The Kier molecular flexibility index (Phi) is 4.04. The first-order chi connectivity index (χ1) is 9.02. The molecule has 1 aliphatic rings. The van der Waals surface area contributed by atoms with Crippen LogP contribution < -0.4 is 5.32 Å². The average Bonchev–Trinajstić information content (AvgIpc) is 2.41. The van der Waals surface area contributed by atoms with E-state index in [-0.39, 0.29) is 11.8 Å². The molecule has 104 valence electrons. The Bertz CT molecular complexity index is 476. The molecule has 2 unspecified atom stereocenters. The van der Waals surface area contributed by atoms with Crippen molar-refractivity contribution in [2.75, 3.05) is 25.5 Å². The molecule has 1 fully saturated rings. The van der Waals surface area contributed by atoms with E-state index in [1.54, 1.807) is 18.1 Å². The van der Waals surface area contributed by atoms with Crippen LogP contribution in [0, 0.1) is 12.8 Å². The van der Waals surface area contributed by atoms with Crippen LogP contribution in [0.2, 0.25) is 0 Å². The predicted octanol–water partition coefficient (Wildman–Crippen LogP) is 1.27. The molecule has 1 amide bonds. The molecule has 2 atom stereocenters. The van der Waals surface area contributed by atoms with E-state index in [1.807, 2.05) is 19.9 Å². The van der Waals surface area contributed by atoms with Crippen LogP contribution in [-0.2, 0) is 0 Å². The van der Waals surface area contributed by atoms with Crippen molar-refractivity contribution in [1.82, 2.24) is 9.88 Å². The van der Waals surface area contributed by atoms with Crippen molar-refractivity contribution in [3.8, 4) is 0 Å². The summed E-state index contributed by atoms with van der Waals surface area (Å²) >= 11 is 0. The number of pyridine rings is 1. The van der Waals surface area contributed by atoms with E-state index >= 15 is 0 Å². The van der Waals surface area contributed by atoms with Gasteiger partial charge in [0.1, 0.15) is 0 Å². The van der Waals surface area contributed by atoms with Crippen LogP contribution in [0.25, 0.3) is 0 Å². The molecule has 19 heavy (non-hydrogen) atoms. The molecule has 1 aliphatic heterocycles. The number of amides is 1.